The first kappa shape index (κ1) is 15.8. The third-order valence-corrected chi connectivity index (χ3v) is 2.92. The SMILES string of the molecule is CC.Cc1cccc(C(=O)N(C)c2ccccc2)c1O. The zero-order valence-corrected chi connectivity index (χ0v) is 12.4. The lowest BCUT2D eigenvalue weighted by Gasteiger charge is -2.18. The maximum atomic E-state index is 12.3. The minimum absolute atomic E-state index is 0.0466. The largest absolute Gasteiger partial charge is 0.507 e. The number of benzene rings is 2. The van der Waals surface area contributed by atoms with Gasteiger partial charge in [0.05, 0.1) is 5.56 Å². The van der Waals surface area contributed by atoms with E-state index in [1.165, 1.54) is 4.90 Å². The summed E-state index contributed by atoms with van der Waals surface area (Å²) in [4.78, 5) is 13.8. The number of aromatic hydroxyl groups is 1. The molecule has 106 valence electrons. The molecule has 20 heavy (non-hydrogen) atoms. The molecule has 1 amide bonds. The summed E-state index contributed by atoms with van der Waals surface area (Å²) in [7, 11) is 1.69. The van der Waals surface area contributed by atoms with E-state index in [2.05, 4.69) is 0 Å². The van der Waals surface area contributed by atoms with Gasteiger partial charge in [-0.3, -0.25) is 4.79 Å². The van der Waals surface area contributed by atoms with E-state index < -0.39 is 0 Å². The van der Waals surface area contributed by atoms with Crippen molar-refractivity contribution in [2.75, 3.05) is 11.9 Å². The molecule has 2 aromatic rings. The molecule has 0 saturated carbocycles. The van der Waals surface area contributed by atoms with Gasteiger partial charge in [-0.15, -0.1) is 0 Å². The molecule has 0 aliphatic heterocycles. The number of rotatable bonds is 2. The monoisotopic (exact) mass is 271 g/mol. The van der Waals surface area contributed by atoms with Crippen molar-refractivity contribution in [1.29, 1.82) is 0 Å². The predicted octanol–water partition coefficient (Wildman–Crippen LogP) is 4.00. The van der Waals surface area contributed by atoms with Crippen LogP contribution in [0.25, 0.3) is 0 Å². The fourth-order valence-electron chi connectivity index (χ4n) is 1.78. The lowest BCUT2D eigenvalue weighted by molar-refractivity contribution is 0.0990. The first-order valence-corrected chi connectivity index (χ1v) is 6.73. The molecule has 0 spiro atoms. The molecule has 0 radical (unpaired) electrons. The van der Waals surface area contributed by atoms with Crippen molar-refractivity contribution < 1.29 is 9.90 Å². The summed E-state index contributed by atoms with van der Waals surface area (Å²) in [5, 5.41) is 9.92. The Kier molecular flexibility index (Phi) is 5.78. The maximum Gasteiger partial charge on any atom is 0.261 e. The molecule has 0 fully saturated rings. The maximum absolute atomic E-state index is 12.3. The summed E-state index contributed by atoms with van der Waals surface area (Å²) in [5.74, 6) is -0.173. The van der Waals surface area contributed by atoms with E-state index in [1.807, 2.05) is 44.2 Å². The van der Waals surface area contributed by atoms with Crippen LogP contribution in [0.5, 0.6) is 5.75 Å². The Hall–Kier alpha value is -2.29. The number of phenols is 1. The predicted molar refractivity (Wildman–Crippen MR) is 83.4 cm³/mol. The highest BCUT2D eigenvalue weighted by molar-refractivity contribution is 6.07. The van der Waals surface area contributed by atoms with E-state index in [9.17, 15) is 9.90 Å². The Bertz CT molecular complexity index is 564. The van der Waals surface area contributed by atoms with Crippen LogP contribution < -0.4 is 4.90 Å². The van der Waals surface area contributed by atoms with Crippen LogP contribution in [0.1, 0.15) is 29.8 Å². The summed E-state index contributed by atoms with van der Waals surface area (Å²) >= 11 is 0. The van der Waals surface area contributed by atoms with Crippen LogP contribution in [0.2, 0.25) is 0 Å². The fraction of sp³-hybridized carbons (Fsp3) is 0.235. The van der Waals surface area contributed by atoms with E-state index in [0.29, 0.717) is 11.1 Å². The van der Waals surface area contributed by atoms with Gasteiger partial charge < -0.3 is 10.0 Å². The number of anilines is 1. The molecule has 0 unspecified atom stereocenters. The molecular formula is C17H21NO2. The quantitative estimate of drug-likeness (QED) is 0.896. The van der Waals surface area contributed by atoms with Crippen molar-refractivity contribution >= 4 is 11.6 Å². The normalized spacial score (nSPS) is 9.40. The van der Waals surface area contributed by atoms with Crippen molar-refractivity contribution in [3.05, 3.63) is 59.7 Å². The molecule has 3 heteroatoms. The molecule has 2 rings (SSSR count). The average molecular weight is 271 g/mol. The molecule has 2 aromatic carbocycles. The van der Waals surface area contributed by atoms with Crippen LogP contribution in [0.3, 0.4) is 0 Å². The number of hydrogen-bond acceptors (Lipinski definition) is 2. The highest BCUT2D eigenvalue weighted by Crippen LogP contribution is 2.24. The topological polar surface area (TPSA) is 40.5 Å². The molecule has 0 aromatic heterocycles. The van der Waals surface area contributed by atoms with Crippen molar-refractivity contribution in [2.24, 2.45) is 0 Å². The van der Waals surface area contributed by atoms with E-state index in [1.54, 1.807) is 32.2 Å². The summed E-state index contributed by atoms with van der Waals surface area (Å²) < 4.78 is 0. The second kappa shape index (κ2) is 7.34. The molecule has 0 heterocycles. The van der Waals surface area contributed by atoms with Gasteiger partial charge in [-0.25, -0.2) is 0 Å². The van der Waals surface area contributed by atoms with Crippen LogP contribution in [0.15, 0.2) is 48.5 Å². The number of carbonyl (C=O) groups excluding carboxylic acids is 1. The van der Waals surface area contributed by atoms with Gasteiger partial charge >= 0.3 is 0 Å². The van der Waals surface area contributed by atoms with Gasteiger partial charge in [-0.05, 0) is 30.7 Å². The Morgan fingerprint density at radius 3 is 2.20 bits per heavy atom. The van der Waals surface area contributed by atoms with Gasteiger partial charge in [0.2, 0.25) is 0 Å². The van der Waals surface area contributed by atoms with E-state index in [-0.39, 0.29) is 11.7 Å². The third kappa shape index (κ3) is 3.38. The number of hydrogen-bond donors (Lipinski definition) is 1. The summed E-state index contributed by atoms with van der Waals surface area (Å²) in [6.45, 7) is 5.77. The minimum Gasteiger partial charge on any atom is -0.507 e. The average Bonchev–Trinajstić information content (AvgIpc) is 2.51. The number of nitrogens with zero attached hydrogens (tertiary/aromatic N) is 1. The highest BCUT2D eigenvalue weighted by atomic mass is 16.3. The van der Waals surface area contributed by atoms with Crippen molar-refractivity contribution in [1.82, 2.24) is 0 Å². The summed E-state index contributed by atoms with van der Waals surface area (Å²) in [5.41, 5.74) is 1.81. The smallest absolute Gasteiger partial charge is 0.261 e. The molecule has 0 saturated heterocycles. The van der Waals surface area contributed by atoms with Crippen LogP contribution in [-0.4, -0.2) is 18.1 Å². The number of carbonyl (C=O) groups is 1. The van der Waals surface area contributed by atoms with Gasteiger partial charge in [0.1, 0.15) is 5.75 Å². The zero-order chi connectivity index (χ0) is 15.1. The molecule has 0 aliphatic rings. The molecule has 3 nitrogen and oxygen atoms in total. The summed E-state index contributed by atoms with van der Waals surface area (Å²) in [6, 6.07) is 14.5. The first-order chi connectivity index (χ1) is 9.61. The van der Waals surface area contributed by atoms with Gasteiger partial charge in [-0.1, -0.05) is 44.2 Å². The standard InChI is InChI=1S/C15H15NO2.C2H6/c1-11-7-6-10-13(14(11)17)15(18)16(2)12-8-4-3-5-9-12;1-2/h3-10,17H,1-2H3;1-2H3. The number of amides is 1. The van der Waals surface area contributed by atoms with Crippen LogP contribution in [-0.2, 0) is 0 Å². The lowest BCUT2D eigenvalue weighted by atomic mass is 10.1. The molecule has 0 atom stereocenters. The minimum atomic E-state index is -0.220. The molecular weight excluding hydrogens is 250 g/mol. The van der Waals surface area contributed by atoms with Gasteiger partial charge in [-0.2, -0.15) is 0 Å². The number of para-hydroxylation sites is 2. The Morgan fingerprint density at radius 1 is 1.00 bits per heavy atom. The lowest BCUT2D eigenvalue weighted by Crippen LogP contribution is -2.26. The van der Waals surface area contributed by atoms with Crippen molar-refractivity contribution in [3.63, 3.8) is 0 Å². The third-order valence-electron chi connectivity index (χ3n) is 2.92. The molecule has 1 N–H and O–H groups in total. The van der Waals surface area contributed by atoms with Crippen molar-refractivity contribution in [3.8, 4) is 5.75 Å². The second-order valence-electron chi connectivity index (χ2n) is 4.17. The van der Waals surface area contributed by atoms with Crippen LogP contribution in [0.4, 0.5) is 5.69 Å². The Morgan fingerprint density at radius 2 is 1.60 bits per heavy atom. The molecule has 0 aliphatic carbocycles. The van der Waals surface area contributed by atoms with Crippen LogP contribution >= 0.6 is 0 Å². The van der Waals surface area contributed by atoms with Crippen molar-refractivity contribution in [2.45, 2.75) is 20.8 Å². The fourth-order valence-corrected chi connectivity index (χ4v) is 1.78. The second-order valence-corrected chi connectivity index (χ2v) is 4.17. The van der Waals surface area contributed by atoms with Gasteiger partial charge in [0.25, 0.3) is 5.91 Å². The van der Waals surface area contributed by atoms with E-state index in [0.717, 1.165) is 5.69 Å². The van der Waals surface area contributed by atoms with Gasteiger partial charge in [0, 0.05) is 12.7 Å². The Labute approximate surface area is 120 Å². The summed E-state index contributed by atoms with van der Waals surface area (Å²) in [6.07, 6.45) is 0. The van der Waals surface area contributed by atoms with E-state index >= 15 is 0 Å². The van der Waals surface area contributed by atoms with Gasteiger partial charge in [0.15, 0.2) is 0 Å². The number of aryl methyl sites for hydroxylation is 1. The zero-order valence-electron chi connectivity index (χ0n) is 12.4. The van der Waals surface area contributed by atoms with E-state index in [4.69, 9.17) is 0 Å². The first-order valence-electron chi connectivity index (χ1n) is 6.73. The van der Waals surface area contributed by atoms with Crippen LogP contribution in [0, 0.1) is 6.92 Å². The highest BCUT2D eigenvalue weighted by Gasteiger charge is 2.17. The molecule has 0 bridgehead atoms. The number of phenolic OH excluding ortho intramolecular Hbond substituents is 1. The Balaban J connectivity index is 0.000000956.